The lowest BCUT2D eigenvalue weighted by Gasteiger charge is -2.39. The van der Waals surface area contributed by atoms with Gasteiger partial charge in [-0.05, 0) is 38.3 Å². The Kier molecular flexibility index (Phi) is 5.87. The highest BCUT2D eigenvalue weighted by molar-refractivity contribution is 5.78. The highest BCUT2D eigenvalue weighted by atomic mass is 16.5. The Morgan fingerprint density at radius 3 is 2.67 bits per heavy atom. The third-order valence-electron chi connectivity index (χ3n) is 5.29. The number of likely N-dealkylation sites (N-methyl/N-ethyl adjacent to an activating group) is 1. The molecule has 1 aromatic rings. The van der Waals surface area contributed by atoms with Gasteiger partial charge in [0.1, 0.15) is 0 Å². The molecule has 2 fully saturated rings. The molecule has 5 heteroatoms. The number of amides is 1. The smallest absolute Gasteiger partial charge is 0.223 e. The fourth-order valence-electron chi connectivity index (χ4n) is 3.84. The summed E-state index contributed by atoms with van der Waals surface area (Å²) in [5, 5.41) is 12.7. The normalized spacial score (nSPS) is 31.6. The van der Waals surface area contributed by atoms with Crippen molar-refractivity contribution in [3.63, 3.8) is 0 Å². The first-order valence-corrected chi connectivity index (χ1v) is 8.97. The van der Waals surface area contributed by atoms with E-state index in [1.165, 1.54) is 5.56 Å². The van der Waals surface area contributed by atoms with E-state index in [0.29, 0.717) is 13.2 Å². The molecule has 0 radical (unpaired) electrons. The summed E-state index contributed by atoms with van der Waals surface area (Å²) in [7, 11) is 2.11. The second-order valence-corrected chi connectivity index (χ2v) is 7.00. The van der Waals surface area contributed by atoms with Crippen LogP contribution < -0.4 is 5.32 Å². The van der Waals surface area contributed by atoms with Gasteiger partial charge in [0.25, 0.3) is 0 Å². The molecule has 2 aliphatic rings. The standard InChI is InChI=1S/C19H28N2O3/c1-21-11-12-24-17(18(21)14-5-3-2-4-6-14)13-20-19(23)15-7-9-16(22)10-8-15/h2-6,15-18,22H,7-13H2,1H3,(H,20,23)/t15?,16?,17-,18-/m0/s1. The monoisotopic (exact) mass is 332 g/mol. The summed E-state index contributed by atoms with van der Waals surface area (Å²) in [4.78, 5) is 14.7. The van der Waals surface area contributed by atoms with E-state index in [-0.39, 0.29) is 30.1 Å². The van der Waals surface area contributed by atoms with E-state index in [1.54, 1.807) is 0 Å². The molecule has 2 N–H and O–H groups in total. The number of aliphatic hydroxyl groups is 1. The Morgan fingerprint density at radius 1 is 1.25 bits per heavy atom. The molecule has 0 aromatic heterocycles. The molecule has 0 bridgehead atoms. The summed E-state index contributed by atoms with van der Waals surface area (Å²) in [6, 6.07) is 10.5. The quantitative estimate of drug-likeness (QED) is 0.881. The molecule has 1 heterocycles. The Balaban J connectivity index is 1.59. The molecule has 132 valence electrons. The number of carbonyl (C=O) groups excluding carboxylic acids is 1. The lowest BCUT2D eigenvalue weighted by atomic mass is 9.87. The number of ether oxygens (including phenoxy) is 1. The van der Waals surface area contributed by atoms with Crippen LogP contribution in [0.4, 0.5) is 0 Å². The van der Waals surface area contributed by atoms with Crippen LogP contribution in [-0.4, -0.2) is 54.9 Å². The molecule has 1 saturated carbocycles. The van der Waals surface area contributed by atoms with Crippen LogP contribution in [0.15, 0.2) is 30.3 Å². The van der Waals surface area contributed by atoms with Crippen molar-refractivity contribution in [1.29, 1.82) is 0 Å². The summed E-state index contributed by atoms with van der Waals surface area (Å²) in [6.07, 6.45) is 2.75. The maximum absolute atomic E-state index is 12.4. The largest absolute Gasteiger partial charge is 0.393 e. The molecule has 1 saturated heterocycles. The summed E-state index contributed by atoms with van der Waals surface area (Å²) in [6.45, 7) is 2.11. The minimum Gasteiger partial charge on any atom is -0.393 e. The molecule has 1 aromatic carbocycles. The van der Waals surface area contributed by atoms with Gasteiger partial charge in [0.05, 0.1) is 24.9 Å². The molecule has 0 unspecified atom stereocenters. The molecule has 5 nitrogen and oxygen atoms in total. The van der Waals surface area contributed by atoms with E-state index in [2.05, 4.69) is 29.4 Å². The summed E-state index contributed by atoms with van der Waals surface area (Å²) >= 11 is 0. The first-order chi connectivity index (χ1) is 11.6. The van der Waals surface area contributed by atoms with E-state index < -0.39 is 0 Å². The molecule has 24 heavy (non-hydrogen) atoms. The van der Waals surface area contributed by atoms with Crippen LogP contribution in [0, 0.1) is 5.92 Å². The van der Waals surface area contributed by atoms with Gasteiger partial charge in [0.15, 0.2) is 0 Å². The third-order valence-corrected chi connectivity index (χ3v) is 5.29. The van der Waals surface area contributed by atoms with Gasteiger partial charge >= 0.3 is 0 Å². The van der Waals surface area contributed by atoms with Crippen LogP contribution in [0.3, 0.4) is 0 Å². The van der Waals surface area contributed by atoms with Crippen molar-refractivity contribution in [3.05, 3.63) is 35.9 Å². The van der Waals surface area contributed by atoms with Gasteiger partial charge in [-0.1, -0.05) is 30.3 Å². The number of morpholine rings is 1. The zero-order valence-electron chi connectivity index (χ0n) is 14.4. The van der Waals surface area contributed by atoms with Crippen LogP contribution in [0.2, 0.25) is 0 Å². The lowest BCUT2D eigenvalue weighted by molar-refractivity contribution is -0.128. The number of rotatable bonds is 4. The molecular formula is C19H28N2O3. The van der Waals surface area contributed by atoms with Crippen LogP contribution in [0.1, 0.15) is 37.3 Å². The van der Waals surface area contributed by atoms with Gasteiger partial charge in [-0.2, -0.15) is 0 Å². The van der Waals surface area contributed by atoms with E-state index in [1.807, 2.05) is 18.2 Å². The maximum atomic E-state index is 12.4. The fraction of sp³-hybridized carbons (Fsp3) is 0.632. The van der Waals surface area contributed by atoms with Crippen molar-refractivity contribution in [2.45, 2.75) is 43.9 Å². The van der Waals surface area contributed by atoms with Crippen molar-refractivity contribution in [2.75, 3.05) is 26.7 Å². The van der Waals surface area contributed by atoms with Crippen molar-refractivity contribution >= 4 is 5.91 Å². The molecule has 0 spiro atoms. The molecule has 1 aliphatic heterocycles. The Morgan fingerprint density at radius 2 is 1.96 bits per heavy atom. The second kappa shape index (κ2) is 8.10. The zero-order chi connectivity index (χ0) is 16.9. The average Bonchev–Trinajstić information content (AvgIpc) is 2.61. The SMILES string of the molecule is CN1CCO[C@@H](CNC(=O)C2CCC(O)CC2)[C@@H]1c1ccccc1. The van der Waals surface area contributed by atoms with Gasteiger partial charge in [-0.15, -0.1) is 0 Å². The summed E-state index contributed by atoms with van der Waals surface area (Å²) in [5.41, 5.74) is 1.22. The predicted octanol–water partition coefficient (Wildman–Crippen LogP) is 1.73. The molecule has 3 rings (SSSR count). The number of benzene rings is 1. The first-order valence-electron chi connectivity index (χ1n) is 8.97. The fourth-order valence-corrected chi connectivity index (χ4v) is 3.84. The molecule has 1 aliphatic carbocycles. The van der Waals surface area contributed by atoms with Gasteiger partial charge in [-0.3, -0.25) is 9.69 Å². The van der Waals surface area contributed by atoms with Crippen LogP contribution >= 0.6 is 0 Å². The number of hydrogen-bond acceptors (Lipinski definition) is 4. The van der Waals surface area contributed by atoms with E-state index >= 15 is 0 Å². The van der Waals surface area contributed by atoms with Crippen LogP contribution in [0.5, 0.6) is 0 Å². The number of nitrogens with zero attached hydrogens (tertiary/aromatic N) is 1. The van der Waals surface area contributed by atoms with Crippen molar-refractivity contribution in [1.82, 2.24) is 10.2 Å². The van der Waals surface area contributed by atoms with Gasteiger partial charge < -0.3 is 15.2 Å². The number of carbonyl (C=O) groups is 1. The zero-order valence-corrected chi connectivity index (χ0v) is 14.4. The molecule has 2 atom stereocenters. The topological polar surface area (TPSA) is 61.8 Å². The highest BCUT2D eigenvalue weighted by Gasteiger charge is 2.32. The van der Waals surface area contributed by atoms with E-state index in [9.17, 15) is 9.90 Å². The third kappa shape index (κ3) is 4.15. The number of aliphatic hydroxyl groups excluding tert-OH is 1. The molecular weight excluding hydrogens is 304 g/mol. The summed E-state index contributed by atoms with van der Waals surface area (Å²) < 4.78 is 5.97. The lowest BCUT2D eigenvalue weighted by Crippen LogP contribution is -2.49. The maximum Gasteiger partial charge on any atom is 0.223 e. The van der Waals surface area contributed by atoms with Crippen molar-refractivity contribution < 1.29 is 14.6 Å². The first kappa shape index (κ1) is 17.4. The van der Waals surface area contributed by atoms with Gasteiger partial charge in [0.2, 0.25) is 5.91 Å². The van der Waals surface area contributed by atoms with Crippen molar-refractivity contribution in [3.8, 4) is 0 Å². The van der Waals surface area contributed by atoms with Gasteiger partial charge in [-0.25, -0.2) is 0 Å². The Bertz CT molecular complexity index is 529. The summed E-state index contributed by atoms with van der Waals surface area (Å²) in [5.74, 6) is 0.135. The number of nitrogens with one attached hydrogen (secondary N) is 1. The minimum absolute atomic E-state index is 0.0323. The minimum atomic E-state index is -0.230. The Hall–Kier alpha value is -1.43. The predicted molar refractivity (Wildman–Crippen MR) is 92.5 cm³/mol. The van der Waals surface area contributed by atoms with E-state index in [4.69, 9.17) is 4.74 Å². The molecule has 1 amide bonds. The Labute approximate surface area is 144 Å². The second-order valence-electron chi connectivity index (χ2n) is 7.00. The van der Waals surface area contributed by atoms with E-state index in [0.717, 1.165) is 32.2 Å². The number of hydrogen-bond donors (Lipinski definition) is 2. The highest BCUT2D eigenvalue weighted by Crippen LogP contribution is 2.28. The van der Waals surface area contributed by atoms with Crippen molar-refractivity contribution in [2.24, 2.45) is 5.92 Å². The van der Waals surface area contributed by atoms with Crippen LogP contribution in [0.25, 0.3) is 0 Å². The average molecular weight is 332 g/mol. The van der Waals surface area contributed by atoms with Gasteiger partial charge in [0, 0.05) is 19.0 Å². The van der Waals surface area contributed by atoms with Crippen LogP contribution in [-0.2, 0) is 9.53 Å².